The van der Waals surface area contributed by atoms with Gasteiger partial charge in [-0.05, 0) is 12.3 Å². The first kappa shape index (κ1) is 10.9. The van der Waals surface area contributed by atoms with Crippen LogP contribution in [0, 0.1) is 18.2 Å². The van der Waals surface area contributed by atoms with E-state index < -0.39 is 5.82 Å². The van der Waals surface area contributed by atoms with Crippen LogP contribution >= 0.6 is 0 Å². The van der Waals surface area contributed by atoms with Crippen LogP contribution in [0.4, 0.5) is 10.2 Å². The molecule has 0 aliphatic rings. The fourth-order valence-electron chi connectivity index (χ4n) is 1.19. The van der Waals surface area contributed by atoms with E-state index in [1.807, 2.05) is 0 Å². The molecular formula is C10H16FN3. The number of hydrogen-bond donors (Lipinski definition) is 1. The van der Waals surface area contributed by atoms with E-state index in [1.165, 1.54) is 0 Å². The molecule has 1 aromatic rings. The van der Waals surface area contributed by atoms with E-state index in [2.05, 4.69) is 30.7 Å². The Kier molecular flexibility index (Phi) is 2.73. The van der Waals surface area contributed by atoms with Gasteiger partial charge in [-0.3, -0.25) is 0 Å². The minimum Gasteiger partial charge on any atom is -0.381 e. The van der Waals surface area contributed by atoms with Crippen LogP contribution in [-0.2, 0) is 6.42 Å². The highest BCUT2D eigenvalue weighted by atomic mass is 19.1. The molecule has 0 unspecified atom stereocenters. The van der Waals surface area contributed by atoms with Gasteiger partial charge >= 0.3 is 0 Å². The summed E-state index contributed by atoms with van der Waals surface area (Å²) in [5.74, 6) is 0.0355. The molecule has 14 heavy (non-hydrogen) atoms. The van der Waals surface area contributed by atoms with E-state index in [1.54, 1.807) is 6.92 Å². The first-order valence-electron chi connectivity index (χ1n) is 4.58. The van der Waals surface area contributed by atoms with Crippen molar-refractivity contribution in [2.45, 2.75) is 34.1 Å². The van der Waals surface area contributed by atoms with Crippen LogP contribution in [0.25, 0.3) is 0 Å². The van der Waals surface area contributed by atoms with Crippen molar-refractivity contribution in [3.05, 3.63) is 17.3 Å². The van der Waals surface area contributed by atoms with Gasteiger partial charge in [-0.2, -0.15) is 0 Å². The molecule has 0 saturated carbocycles. The van der Waals surface area contributed by atoms with Crippen LogP contribution in [0.2, 0.25) is 0 Å². The van der Waals surface area contributed by atoms with Gasteiger partial charge in [0.25, 0.3) is 0 Å². The molecule has 0 aliphatic heterocycles. The van der Waals surface area contributed by atoms with Crippen molar-refractivity contribution in [2.75, 3.05) is 5.73 Å². The Hall–Kier alpha value is -1.19. The van der Waals surface area contributed by atoms with Gasteiger partial charge in [0.2, 0.25) is 0 Å². The van der Waals surface area contributed by atoms with E-state index in [4.69, 9.17) is 5.73 Å². The number of nitrogen functional groups attached to an aromatic ring is 1. The Morgan fingerprint density at radius 2 is 1.86 bits per heavy atom. The van der Waals surface area contributed by atoms with E-state index >= 15 is 0 Å². The molecule has 0 aromatic carbocycles. The van der Waals surface area contributed by atoms with Gasteiger partial charge < -0.3 is 5.73 Å². The summed E-state index contributed by atoms with van der Waals surface area (Å²) < 4.78 is 13.1. The topological polar surface area (TPSA) is 51.8 Å². The maximum absolute atomic E-state index is 13.1. The van der Waals surface area contributed by atoms with Gasteiger partial charge in [0.05, 0.1) is 5.69 Å². The lowest BCUT2D eigenvalue weighted by Gasteiger charge is -2.17. The Bertz CT molecular complexity index is 319. The summed E-state index contributed by atoms with van der Waals surface area (Å²) in [6.07, 6.45) is 0.693. The van der Waals surface area contributed by atoms with Gasteiger partial charge in [-0.25, -0.2) is 14.4 Å². The second kappa shape index (κ2) is 3.52. The normalized spacial score (nSPS) is 11.8. The molecule has 78 valence electrons. The van der Waals surface area contributed by atoms with Crippen LogP contribution in [-0.4, -0.2) is 9.97 Å². The number of aryl methyl sites for hydroxylation is 1. The Balaban J connectivity index is 3.02. The molecule has 0 amide bonds. The maximum atomic E-state index is 13.1. The molecule has 1 rings (SSSR count). The summed E-state index contributed by atoms with van der Waals surface area (Å²) in [7, 11) is 0. The molecule has 0 aliphatic carbocycles. The minimum absolute atomic E-state index is 0.0586. The van der Waals surface area contributed by atoms with Crippen molar-refractivity contribution in [1.82, 2.24) is 9.97 Å². The fraction of sp³-hybridized carbons (Fsp3) is 0.600. The monoisotopic (exact) mass is 197 g/mol. The second-order valence-corrected chi connectivity index (χ2v) is 4.66. The predicted molar refractivity (Wildman–Crippen MR) is 54.3 cm³/mol. The van der Waals surface area contributed by atoms with Gasteiger partial charge in [0.1, 0.15) is 5.82 Å². The molecule has 0 bridgehead atoms. The van der Waals surface area contributed by atoms with Gasteiger partial charge in [0, 0.05) is 6.42 Å². The fourth-order valence-corrected chi connectivity index (χ4v) is 1.19. The highest BCUT2D eigenvalue weighted by Gasteiger charge is 2.15. The molecule has 0 saturated heterocycles. The number of nitrogens with two attached hydrogens (primary N) is 1. The van der Waals surface area contributed by atoms with Crippen LogP contribution in [0.3, 0.4) is 0 Å². The van der Waals surface area contributed by atoms with Crippen molar-refractivity contribution in [3.63, 3.8) is 0 Å². The van der Waals surface area contributed by atoms with Crippen LogP contribution in [0.15, 0.2) is 0 Å². The average molecular weight is 197 g/mol. The summed E-state index contributed by atoms with van der Waals surface area (Å²) in [5.41, 5.74) is 5.81. The van der Waals surface area contributed by atoms with Crippen molar-refractivity contribution in [2.24, 2.45) is 5.41 Å². The quantitative estimate of drug-likeness (QED) is 0.750. The van der Waals surface area contributed by atoms with Crippen molar-refractivity contribution >= 4 is 5.82 Å². The van der Waals surface area contributed by atoms with Crippen molar-refractivity contribution in [1.29, 1.82) is 0 Å². The highest BCUT2D eigenvalue weighted by molar-refractivity contribution is 5.32. The number of rotatable bonds is 1. The molecule has 0 fully saturated rings. The zero-order chi connectivity index (χ0) is 10.9. The van der Waals surface area contributed by atoms with E-state index in [0.717, 1.165) is 0 Å². The summed E-state index contributed by atoms with van der Waals surface area (Å²) in [5, 5.41) is 0. The first-order chi connectivity index (χ1) is 6.29. The molecule has 0 atom stereocenters. The average Bonchev–Trinajstić information content (AvgIpc) is 1.96. The SMILES string of the molecule is Cc1nc(CC(C)(C)C)nc(N)c1F. The standard InChI is InChI=1S/C10H16FN3/c1-6-8(11)9(12)14-7(13-6)5-10(2,3)4/h5H2,1-4H3,(H2,12,13,14). The first-order valence-corrected chi connectivity index (χ1v) is 4.58. The van der Waals surface area contributed by atoms with Crippen molar-refractivity contribution < 1.29 is 4.39 Å². The summed E-state index contributed by atoms with van der Waals surface area (Å²) in [6.45, 7) is 7.82. The lowest BCUT2D eigenvalue weighted by Crippen LogP contribution is -2.14. The molecule has 3 nitrogen and oxygen atoms in total. The van der Waals surface area contributed by atoms with Crippen LogP contribution in [0.1, 0.15) is 32.3 Å². The van der Waals surface area contributed by atoms with Gasteiger partial charge in [-0.15, -0.1) is 0 Å². The number of nitrogens with zero attached hydrogens (tertiary/aromatic N) is 2. The highest BCUT2D eigenvalue weighted by Crippen LogP contribution is 2.20. The Labute approximate surface area is 83.6 Å². The smallest absolute Gasteiger partial charge is 0.186 e. The predicted octanol–water partition coefficient (Wildman–Crippen LogP) is 2.09. The number of aromatic nitrogens is 2. The van der Waals surface area contributed by atoms with Crippen molar-refractivity contribution in [3.8, 4) is 0 Å². The largest absolute Gasteiger partial charge is 0.381 e. The third-order valence-electron chi connectivity index (χ3n) is 1.78. The maximum Gasteiger partial charge on any atom is 0.186 e. The number of halogens is 1. The molecular weight excluding hydrogens is 181 g/mol. The lowest BCUT2D eigenvalue weighted by atomic mass is 9.92. The van der Waals surface area contributed by atoms with E-state index in [0.29, 0.717) is 17.9 Å². The molecule has 2 N–H and O–H groups in total. The second-order valence-electron chi connectivity index (χ2n) is 4.66. The molecule has 0 spiro atoms. The molecule has 4 heteroatoms. The third kappa shape index (κ3) is 2.65. The number of anilines is 1. The Morgan fingerprint density at radius 1 is 1.29 bits per heavy atom. The minimum atomic E-state index is -0.511. The van der Waals surface area contributed by atoms with Gasteiger partial charge in [0.15, 0.2) is 11.6 Å². The number of hydrogen-bond acceptors (Lipinski definition) is 3. The van der Waals surface area contributed by atoms with Crippen LogP contribution < -0.4 is 5.73 Å². The van der Waals surface area contributed by atoms with Crippen LogP contribution in [0.5, 0.6) is 0 Å². The zero-order valence-electron chi connectivity index (χ0n) is 9.06. The van der Waals surface area contributed by atoms with E-state index in [-0.39, 0.29) is 11.2 Å². The van der Waals surface area contributed by atoms with E-state index in [9.17, 15) is 4.39 Å². The molecule has 0 radical (unpaired) electrons. The summed E-state index contributed by atoms with van der Waals surface area (Å²) >= 11 is 0. The Morgan fingerprint density at radius 3 is 2.29 bits per heavy atom. The summed E-state index contributed by atoms with van der Waals surface area (Å²) in [4.78, 5) is 7.96. The third-order valence-corrected chi connectivity index (χ3v) is 1.78. The zero-order valence-corrected chi connectivity index (χ0v) is 9.06. The molecule has 1 aromatic heterocycles. The molecule has 1 heterocycles. The lowest BCUT2D eigenvalue weighted by molar-refractivity contribution is 0.399. The van der Waals surface area contributed by atoms with Gasteiger partial charge in [-0.1, -0.05) is 20.8 Å². The summed E-state index contributed by atoms with van der Waals surface area (Å²) in [6, 6.07) is 0.